The minimum absolute atomic E-state index is 0.0164. The summed E-state index contributed by atoms with van der Waals surface area (Å²) in [6.07, 6.45) is -1.52. The summed E-state index contributed by atoms with van der Waals surface area (Å²) in [6.45, 7) is 1.62. The van der Waals surface area contributed by atoms with Gasteiger partial charge in [0.05, 0.1) is 18.2 Å². The summed E-state index contributed by atoms with van der Waals surface area (Å²) in [5.74, 6) is -8.60. The van der Waals surface area contributed by atoms with Crippen molar-refractivity contribution in [3.8, 4) is 29.2 Å². The number of hydrogen-bond acceptors (Lipinski definition) is 8. The number of carbonyl (C=O) groups excluding carboxylic acids is 1. The predicted octanol–water partition coefficient (Wildman–Crippen LogP) is 4.98. The van der Waals surface area contributed by atoms with E-state index in [1.807, 2.05) is 36.4 Å². The molecule has 11 heteroatoms. The monoisotopic (exact) mass is 504 g/mol. The number of nitriles is 1. The van der Waals surface area contributed by atoms with Crippen molar-refractivity contribution in [3.63, 3.8) is 0 Å². The van der Waals surface area contributed by atoms with Crippen molar-refractivity contribution in [2.75, 3.05) is 12.4 Å². The molecule has 0 saturated heterocycles. The van der Waals surface area contributed by atoms with E-state index in [1.165, 1.54) is 25.1 Å². The van der Waals surface area contributed by atoms with Gasteiger partial charge in [-0.1, -0.05) is 30.3 Å². The maximum atomic E-state index is 15.1. The van der Waals surface area contributed by atoms with Crippen LogP contribution in [-0.4, -0.2) is 29.4 Å². The Kier molecular flexibility index (Phi) is 8.80. The summed E-state index contributed by atoms with van der Waals surface area (Å²) in [6, 6.07) is 15.0. The average molecular weight is 504 g/mol. The maximum Gasteiger partial charge on any atom is 0.348 e. The SMILES string of the molecule is CCOC(=O)C(CS)Oc1c(F)c(F)nc(Oc2cc(C#N)ccc2OCc2ccccc2)c1F. The second-order valence-electron chi connectivity index (χ2n) is 6.86. The van der Waals surface area contributed by atoms with Crippen LogP contribution < -0.4 is 14.2 Å². The first kappa shape index (κ1) is 25.7. The van der Waals surface area contributed by atoms with Gasteiger partial charge in [0.1, 0.15) is 6.61 Å². The molecule has 1 heterocycles. The van der Waals surface area contributed by atoms with Crippen molar-refractivity contribution >= 4 is 18.6 Å². The molecule has 0 N–H and O–H groups in total. The van der Waals surface area contributed by atoms with Gasteiger partial charge in [0.15, 0.2) is 11.5 Å². The summed E-state index contributed by atoms with van der Waals surface area (Å²) in [7, 11) is 0. The molecule has 35 heavy (non-hydrogen) atoms. The Hall–Kier alpha value is -3.91. The van der Waals surface area contributed by atoms with E-state index in [2.05, 4.69) is 17.6 Å². The summed E-state index contributed by atoms with van der Waals surface area (Å²) >= 11 is 3.91. The third kappa shape index (κ3) is 6.36. The number of thiol groups is 1. The standard InChI is InChI=1S/C24H19F3N2O5S/c1-2-31-24(30)18(13-35)33-21-19(25)22(27)29-23(20(21)26)34-17-10-15(11-28)8-9-16(17)32-12-14-6-4-3-5-7-14/h3-10,18,35H,2,12-13H2,1H3. The van der Waals surface area contributed by atoms with Gasteiger partial charge in [-0.2, -0.15) is 36.0 Å². The minimum atomic E-state index is -1.77. The summed E-state index contributed by atoms with van der Waals surface area (Å²) < 4.78 is 64.5. The molecule has 0 saturated carbocycles. The molecule has 182 valence electrons. The van der Waals surface area contributed by atoms with Crippen LogP contribution in [0.25, 0.3) is 0 Å². The Bertz CT molecular complexity index is 1240. The highest BCUT2D eigenvalue weighted by molar-refractivity contribution is 7.80. The van der Waals surface area contributed by atoms with Crippen molar-refractivity contribution in [2.24, 2.45) is 0 Å². The van der Waals surface area contributed by atoms with Crippen LogP contribution in [-0.2, 0) is 16.1 Å². The summed E-state index contributed by atoms with van der Waals surface area (Å²) in [5, 5.41) is 9.21. The minimum Gasteiger partial charge on any atom is -0.485 e. The van der Waals surface area contributed by atoms with Gasteiger partial charge in [-0.3, -0.25) is 0 Å². The predicted molar refractivity (Wildman–Crippen MR) is 121 cm³/mol. The number of carbonyl (C=O) groups is 1. The fourth-order valence-electron chi connectivity index (χ4n) is 2.80. The van der Waals surface area contributed by atoms with E-state index < -0.39 is 41.3 Å². The molecular formula is C24H19F3N2O5S. The molecule has 0 bridgehead atoms. The zero-order chi connectivity index (χ0) is 25.4. The molecule has 3 rings (SSSR count). The summed E-state index contributed by atoms with van der Waals surface area (Å²) in [4.78, 5) is 15.1. The zero-order valence-electron chi connectivity index (χ0n) is 18.3. The number of esters is 1. The highest BCUT2D eigenvalue weighted by atomic mass is 32.1. The van der Waals surface area contributed by atoms with E-state index in [0.29, 0.717) is 0 Å². The second kappa shape index (κ2) is 12.0. The molecule has 1 aromatic heterocycles. The van der Waals surface area contributed by atoms with E-state index >= 15 is 4.39 Å². The molecule has 1 unspecified atom stereocenters. The Balaban J connectivity index is 1.94. The molecule has 0 spiro atoms. The number of rotatable bonds is 10. The Morgan fingerprint density at radius 2 is 1.86 bits per heavy atom. The van der Waals surface area contributed by atoms with Crippen LogP contribution in [0.5, 0.6) is 23.1 Å². The van der Waals surface area contributed by atoms with Gasteiger partial charge >= 0.3 is 5.97 Å². The number of benzene rings is 2. The first-order valence-corrected chi connectivity index (χ1v) is 10.9. The molecule has 0 aliphatic rings. The van der Waals surface area contributed by atoms with E-state index in [0.717, 1.165) is 5.56 Å². The van der Waals surface area contributed by atoms with Crippen LogP contribution in [0.4, 0.5) is 13.2 Å². The average Bonchev–Trinajstić information content (AvgIpc) is 2.87. The molecule has 1 atom stereocenters. The fourth-order valence-corrected chi connectivity index (χ4v) is 3.02. The first-order valence-electron chi connectivity index (χ1n) is 10.2. The molecular weight excluding hydrogens is 485 g/mol. The number of ether oxygens (including phenoxy) is 4. The Labute approximate surface area is 204 Å². The number of halogens is 3. The van der Waals surface area contributed by atoms with Crippen molar-refractivity contribution in [2.45, 2.75) is 19.6 Å². The third-order valence-electron chi connectivity index (χ3n) is 4.46. The van der Waals surface area contributed by atoms with E-state index in [4.69, 9.17) is 18.9 Å². The Morgan fingerprint density at radius 1 is 1.11 bits per heavy atom. The molecule has 7 nitrogen and oxygen atoms in total. The number of nitrogens with zero attached hydrogens (tertiary/aromatic N) is 2. The smallest absolute Gasteiger partial charge is 0.348 e. The number of aromatic nitrogens is 1. The molecule has 0 fully saturated rings. The maximum absolute atomic E-state index is 15.1. The van der Waals surface area contributed by atoms with Gasteiger partial charge in [0.25, 0.3) is 11.8 Å². The molecule has 0 radical (unpaired) electrons. The lowest BCUT2D eigenvalue weighted by Gasteiger charge is -2.18. The van der Waals surface area contributed by atoms with Crippen molar-refractivity contribution in [1.29, 1.82) is 5.26 Å². The zero-order valence-corrected chi connectivity index (χ0v) is 19.2. The van der Waals surface area contributed by atoms with Crippen molar-refractivity contribution < 1.29 is 36.9 Å². The van der Waals surface area contributed by atoms with E-state index in [9.17, 15) is 18.8 Å². The van der Waals surface area contributed by atoms with Crippen LogP contribution in [0.15, 0.2) is 48.5 Å². The fraction of sp³-hybridized carbons (Fsp3) is 0.208. The molecule has 3 aromatic rings. The topological polar surface area (TPSA) is 90.7 Å². The highest BCUT2D eigenvalue weighted by Crippen LogP contribution is 2.37. The lowest BCUT2D eigenvalue weighted by Crippen LogP contribution is -2.32. The largest absolute Gasteiger partial charge is 0.485 e. The van der Waals surface area contributed by atoms with Gasteiger partial charge in [-0.25, -0.2) is 4.79 Å². The molecule has 0 aliphatic heterocycles. The van der Waals surface area contributed by atoms with Gasteiger partial charge in [-0.05, 0) is 24.6 Å². The lowest BCUT2D eigenvalue weighted by atomic mass is 10.2. The number of hydrogen-bond donors (Lipinski definition) is 1. The van der Waals surface area contributed by atoms with Crippen LogP contribution in [0.1, 0.15) is 18.1 Å². The number of pyridine rings is 1. The van der Waals surface area contributed by atoms with Crippen LogP contribution in [0, 0.1) is 28.9 Å². The molecule has 0 amide bonds. The third-order valence-corrected chi connectivity index (χ3v) is 4.79. The lowest BCUT2D eigenvalue weighted by molar-refractivity contribution is -0.150. The quantitative estimate of drug-likeness (QED) is 0.237. The van der Waals surface area contributed by atoms with Gasteiger partial charge in [0.2, 0.25) is 23.5 Å². The van der Waals surface area contributed by atoms with Gasteiger partial charge in [0, 0.05) is 11.8 Å². The molecule has 2 aromatic carbocycles. The first-order chi connectivity index (χ1) is 16.9. The summed E-state index contributed by atoms with van der Waals surface area (Å²) in [5.41, 5.74) is 0.941. The van der Waals surface area contributed by atoms with Crippen LogP contribution >= 0.6 is 12.6 Å². The van der Waals surface area contributed by atoms with Crippen molar-refractivity contribution in [3.05, 3.63) is 77.2 Å². The molecule has 0 aliphatic carbocycles. The normalized spacial score (nSPS) is 11.3. The van der Waals surface area contributed by atoms with Crippen LogP contribution in [0.3, 0.4) is 0 Å². The Morgan fingerprint density at radius 3 is 2.51 bits per heavy atom. The van der Waals surface area contributed by atoms with Gasteiger partial charge < -0.3 is 18.9 Å². The second-order valence-corrected chi connectivity index (χ2v) is 7.22. The van der Waals surface area contributed by atoms with Crippen LogP contribution in [0.2, 0.25) is 0 Å². The van der Waals surface area contributed by atoms with Gasteiger partial charge in [-0.15, -0.1) is 0 Å². The van der Waals surface area contributed by atoms with E-state index in [1.54, 1.807) is 0 Å². The highest BCUT2D eigenvalue weighted by Gasteiger charge is 2.29. The van der Waals surface area contributed by atoms with E-state index in [-0.39, 0.29) is 36.0 Å². The van der Waals surface area contributed by atoms with Crippen molar-refractivity contribution in [1.82, 2.24) is 4.98 Å².